The minimum absolute atomic E-state index is 0.0320. The molecule has 2 saturated heterocycles. The molecule has 0 amide bonds. The maximum Gasteiger partial charge on any atom is 0.334 e. The van der Waals surface area contributed by atoms with Crippen LogP contribution in [0, 0.1) is 11.8 Å². The van der Waals surface area contributed by atoms with Gasteiger partial charge >= 0.3 is 5.97 Å². The topological polar surface area (TPSA) is 55.8 Å². The molecule has 4 nitrogen and oxygen atoms in total. The predicted molar refractivity (Wildman–Crippen MR) is 92.4 cm³/mol. The molecular formula is C20H30O4. The van der Waals surface area contributed by atoms with Crippen LogP contribution in [0.25, 0.3) is 0 Å². The number of ether oxygens (including phenoxy) is 2. The molecule has 0 unspecified atom stereocenters. The van der Waals surface area contributed by atoms with Crippen molar-refractivity contribution < 1.29 is 19.4 Å². The molecule has 0 aromatic heterocycles. The monoisotopic (exact) mass is 334 g/mol. The largest absolute Gasteiger partial charge is 0.456 e. The Bertz CT molecular complexity index is 548. The van der Waals surface area contributed by atoms with Gasteiger partial charge in [-0.05, 0) is 58.3 Å². The number of aliphatic hydroxyl groups is 1. The second-order valence-electron chi connectivity index (χ2n) is 8.14. The summed E-state index contributed by atoms with van der Waals surface area (Å²) < 4.78 is 11.9. The van der Waals surface area contributed by atoms with Crippen molar-refractivity contribution in [1.29, 1.82) is 0 Å². The number of carbonyl (C=O) groups excluding carboxylic acids is 1. The predicted octanol–water partition coefficient (Wildman–Crippen LogP) is 3.54. The number of esters is 1. The maximum atomic E-state index is 12.0. The van der Waals surface area contributed by atoms with E-state index in [1.807, 2.05) is 6.92 Å². The van der Waals surface area contributed by atoms with Crippen molar-refractivity contribution in [2.24, 2.45) is 11.8 Å². The van der Waals surface area contributed by atoms with Crippen LogP contribution in [0.2, 0.25) is 0 Å². The zero-order chi connectivity index (χ0) is 17.5. The molecule has 0 spiro atoms. The lowest BCUT2D eigenvalue weighted by molar-refractivity contribution is -0.208. The van der Waals surface area contributed by atoms with Gasteiger partial charge in [0.25, 0.3) is 0 Å². The van der Waals surface area contributed by atoms with Gasteiger partial charge in [0, 0.05) is 11.5 Å². The fraction of sp³-hybridized carbons (Fsp3) is 0.750. The van der Waals surface area contributed by atoms with Crippen molar-refractivity contribution in [2.45, 2.75) is 83.2 Å². The third-order valence-corrected chi connectivity index (χ3v) is 6.09. The van der Waals surface area contributed by atoms with Gasteiger partial charge in [-0.3, -0.25) is 0 Å². The number of carbonyl (C=O) groups is 1. The van der Waals surface area contributed by atoms with Gasteiger partial charge in [-0.1, -0.05) is 25.2 Å². The summed E-state index contributed by atoms with van der Waals surface area (Å²) in [6, 6.07) is 0. The number of hydrogen-bond acceptors (Lipinski definition) is 4. The molecule has 24 heavy (non-hydrogen) atoms. The van der Waals surface area contributed by atoms with Gasteiger partial charge in [0.2, 0.25) is 0 Å². The Hall–Kier alpha value is -1.13. The fourth-order valence-electron chi connectivity index (χ4n) is 4.36. The average molecular weight is 334 g/mol. The second-order valence-corrected chi connectivity index (χ2v) is 8.14. The Balaban J connectivity index is 1.90. The molecule has 1 N–H and O–H groups in total. The molecule has 3 heterocycles. The molecule has 6 atom stereocenters. The first-order chi connectivity index (χ1) is 11.3. The van der Waals surface area contributed by atoms with E-state index in [1.54, 1.807) is 0 Å². The van der Waals surface area contributed by atoms with E-state index in [4.69, 9.17) is 9.47 Å². The van der Waals surface area contributed by atoms with Crippen LogP contribution in [0.15, 0.2) is 23.8 Å². The summed E-state index contributed by atoms with van der Waals surface area (Å²) in [5, 5.41) is 11.0. The molecule has 4 heteroatoms. The number of allylic oxidation sites excluding steroid dienone is 2. The summed E-state index contributed by atoms with van der Waals surface area (Å²) in [5.74, 6) is -0.0506. The van der Waals surface area contributed by atoms with E-state index < -0.39 is 5.60 Å². The zero-order valence-corrected chi connectivity index (χ0v) is 15.1. The van der Waals surface area contributed by atoms with Crippen molar-refractivity contribution in [3.8, 4) is 0 Å². The number of fused-ring (bicyclic) bond motifs is 4. The summed E-state index contributed by atoms with van der Waals surface area (Å²) >= 11 is 0. The lowest BCUT2D eigenvalue weighted by Crippen LogP contribution is -2.54. The van der Waals surface area contributed by atoms with Crippen LogP contribution >= 0.6 is 0 Å². The van der Waals surface area contributed by atoms with Gasteiger partial charge in [-0.2, -0.15) is 0 Å². The van der Waals surface area contributed by atoms with Crippen molar-refractivity contribution in [2.75, 3.05) is 0 Å². The average Bonchev–Trinajstić information content (AvgIpc) is 2.80. The smallest absolute Gasteiger partial charge is 0.334 e. The van der Waals surface area contributed by atoms with Gasteiger partial charge < -0.3 is 14.6 Å². The second kappa shape index (κ2) is 6.64. The molecular weight excluding hydrogens is 304 g/mol. The molecule has 0 radical (unpaired) electrons. The third-order valence-electron chi connectivity index (χ3n) is 6.09. The standard InChI is InChI=1S/C20H30O4/c1-12-7-5-9-13(2)17-18-15(14(3)19(21)24-18)11-16(23-17)20(4,22)10-6-8-12/h8,13,15-18,22H,3,5-7,9-11H2,1-2,4H3/b12-8+/t13-,15-,16-,17+,18-,20+/m0/s1. The fourth-order valence-corrected chi connectivity index (χ4v) is 4.36. The maximum absolute atomic E-state index is 12.0. The van der Waals surface area contributed by atoms with Crippen LogP contribution in [0.5, 0.6) is 0 Å². The summed E-state index contributed by atoms with van der Waals surface area (Å²) in [5.41, 5.74) is 1.03. The van der Waals surface area contributed by atoms with Gasteiger partial charge in [0.15, 0.2) is 0 Å². The molecule has 2 bridgehead atoms. The van der Waals surface area contributed by atoms with E-state index in [9.17, 15) is 9.90 Å². The SMILES string of the molecule is C=C1C(=O)O[C@@H]2[C@@H]3O[C@@H](C[C@@H]12)[C@](C)(O)CC/C=C(\C)CCC[C@@H]3C. The van der Waals surface area contributed by atoms with Crippen LogP contribution in [-0.4, -0.2) is 35.0 Å². The van der Waals surface area contributed by atoms with E-state index in [0.717, 1.165) is 25.7 Å². The lowest BCUT2D eigenvalue weighted by atomic mass is 9.76. The van der Waals surface area contributed by atoms with Gasteiger partial charge in [0.1, 0.15) is 6.10 Å². The quantitative estimate of drug-likeness (QED) is 0.418. The number of hydrogen-bond donors (Lipinski definition) is 1. The van der Waals surface area contributed by atoms with Crippen LogP contribution < -0.4 is 0 Å². The molecule has 0 saturated carbocycles. The highest BCUT2D eigenvalue weighted by Gasteiger charge is 2.53. The molecule has 3 rings (SSSR count). The van der Waals surface area contributed by atoms with E-state index >= 15 is 0 Å². The van der Waals surface area contributed by atoms with E-state index in [0.29, 0.717) is 18.4 Å². The highest BCUT2D eigenvalue weighted by molar-refractivity contribution is 5.90. The first-order valence-corrected chi connectivity index (χ1v) is 9.23. The Morgan fingerprint density at radius 1 is 1.38 bits per heavy atom. The van der Waals surface area contributed by atoms with Crippen molar-refractivity contribution in [3.05, 3.63) is 23.8 Å². The van der Waals surface area contributed by atoms with Gasteiger partial charge in [-0.25, -0.2) is 4.79 Å². The molecule has 0 aromatic carbocycles. The first-order valence-electron chi connectivity index (χ1n) is 9.23. The molecule has 3 aliphatic rings. The zero-order valence-electron chi connectivity index (χ0n) is 15.1. The van der Waals surface area contributed by atoms with Crippen LogP contribution in [0.1, 0.15) is 59.3 Å². The summed E-state index contributed by atoms with van der Waals surface area (Å²) in [6.45, 7) is 10.1. The summed E-state index contributed by atoms with van der Waals surface area (Å²) in [7, 11) is 0. The molecule has 134 valence electrons. The van der Waals surface area contributed by atoms with E-state index in [1.165, 1.54) is 5.57 Å². The van der Waals surface area contributed by atoms with Crippen LogP contribution in [-0.2, 0) is 14.3 Å². The van der Waals surface area contributed by atoms with E-state index in [2.05, 4.69) is 26.5 Å². The van der Waals surface area contributed by atoms with Crippen LogP contribution in [0.4, 0.5) is 0 Å². The Morgan fingerprint density at radius 3 is 2.88 bits per heavy atom. The van der Waals surface area contributed by atoms with E-state index in [-0.39, 0.29) is 36.1 Å². The Labute approximate surface area is 144 Å². The highest BCUT2D eigenvalue weighted by Crippen LogP contribution is 2.44. The third kappa shape index (κ3) is 3.31. The van der Waals surface area contributed by atoms with Crippen molar-refractivity contribution in [1.82, 2.24) is 0 Å². The van der Waals surface area contributed by atoms with Crippen LogP contribution in [0.3, 0.4) is 0 Å². The minimum Gasteiger partial charge on any atom is -0.456 e. The molecule has 0 aromatic rings. The van der Waals surface area contributed by atoms with Crippen molar-refractivity contribution in [3.63, 3.8) is 0 Å². The molecule has 2 fully saturated rings. The van der Waals surface area contributed by atoms with Gasteiger partial charge in [0.05, 0.1) is 17.8 Å². The highest BCUT2D eigenvalue weighted by atomic mass is 16.6. The Kier molecular flexibility index (Phi) is 4.89. The molecule has 0 aliphatic carbocycles. The normalized spacial score (nSPS) is 46.2. The van der Waals surface area contributed by atoms with Gasteiger partial charge in [-0.15, -0.1) is 0 Å². The molecule has 3 aliphatic heterocycles. The lowest BCUT2D eigenvalue weighted by Gasteiger charge is -2.45. The number of rotatable bonds is 0. The summed E-state index contributed by atoms with van der Waals surface area (Å²) in [4.78, 5) is 12.0. The van der Waals surface area contributed by atoms with Crippen molar-refractivity contribution >= 4 is 5.97 Å². The minimum atomic E-state index is -0.912. The Morgan fingerprint density at radius 2 is 2.12 bits per heavy atom. The summed E-state index contributed by atoms with van der Waals surface area (Å²) in [6.07, 6.45) is 6.87. The first kappa shape index (κ1) is 17.7.